The van der Waals surface area contributed by atoms with Gasteiger partial charge in [0.25, 0.3) is 0 Å². The van der Waals surface area contributed by atoms with E-state index in [1.54, 1.807) is 28.4 Å². The summed E-state index contributed by atoms with van der Waals surface area (Å²) in [5.74, 6) is 3.02. The van der Waals surface area contributed by atoms with E-state index in [0.29, 0.717) is 0 Å². The molecule has 120 valence electrons. The van der Waals surface area contributed by atoms with Crippen molar-refractivity contribution < 1.29 is 18.9 Å². The monoisotopic (exact) mass is 313 g/mol. The van der Waals surface area contributed by atoms with Crippen molar-refractivity contribution in [2.45, 2.75) is 0 Å². The van der Waals surface area contributed by atoms with Gasteiger partial charge in [0.1, 0.15) is 23.0 Å². The van der Waals surface area contributed by atoms with Gasteiger partial charge in [0, 0.05) is 23.1 Å². The second-order valence-electron chi connectivity index (χ2n) is 5.04. The Morgan fingerprint density at radius 3 is 2.09 bits per heavy atom. The third kappa shape index (κ3) is 2.65. The van der Waals surface area contributed by atoms with Crippen LogP contribution >= 0.6 is 0 Å². The number of rotatable bonds is 5. The first kappa shape index (κ1) is 15.1. The normalized spacial score (nSPS) is 10.6. The largest absolute Gasteiger partial charge is 0.497 e. The van der Waals surface area contributed by atoms with Gasteiger partial charge in [-0.2, -0.15) is 0 Å². The van der Waals surface area contributed by atoms with E-state index in [2.05, 4.69) is 4.98 Å². The third-order valence-corrected chi connectivity index (χ3v) is 3.83. The average Bonchev–Trinajstić information content (AvgIpc) is 3.03. The van der Waals surface area contributed by atoms with E-state index in [-0.39, 0.29) is 0 Å². The summed E-state index contributed by atoms with van der Waals surface area (Å²) < 4.78 is 21.6. The summed E-state index contributed by atoms with van der Waals surface area (Å²) in [5, 5.41) is 0.980. The molecule has 0 aliphatic rings. The number of ether oxygens (including phenoxy) is 4. The highest BCUT2D eigenvalue weighted by Crippen LogP contribution is 2.38. The molecule has 23 heavy (non-hydrogen) atoms. The lowest BCUT2D eigenvalue weighted by Gasteiger charge is -2.09. The van der Waals surface area contributed by atoms with Crippen molar-refractivity contribution in [3.63, 3.8) is 0 Å². The van der Waals surface area contributed by atoms with Gasteiger partial charge in [-0.3, -0.25) is 0 Å². The molecule has 2 aromatic carbocycles. The molecule has 0 saturated carbocycles. The molecule has 5 nitrogen and oxygen atoms in total. The van der Waals surface area contributed by atoms with Crippen molar-refractivity contribution in [1.29, 1.82) is 0 Å². The second kappa shape index (κ2) is 6.12. The lowest BCUT2D eigenvalue weighted by atomic mass is 10.1. The molecule has 5 heteroatoms. The maximum atomic E-state index is 5.47. The van der Waals surface area contributed by atoms with Crippen LogP contribution in [0.4, 0.5) is 0 Å². The Balaban J connectivity index is 2.21. The van der Waals surface area contributed by atoms with Crippen molar-refractivity contribution in [2.24, 2.45) is 0 Å². The van der Waals surface area contributed by atoms with E-state index < -0.39 is 0 Å². The zero-order valence-corrected chi connectivity index (χ0v) is 13.6. The van der Waals surface area contributed by atoms with Gasteiger partial charge >= 0.3 is 0 Å². The zero-order chi connectivity index (χ0) is 16.4. The highest BCUT2D eigenvalue weighted by atomic mass is 16.5. The Kier molecular flexibility index (Phi) is 4.02. The fourth-order valence-corrected chi connectivity index (χ4v) is 2.64. The van der Waals surface area contributed by atoms with Crippen LogP contribution in [0, 0.1) is 0 Å². The van der Waals surface area contributed by atoms with Crippen LogP contribution in [0.5, 0.6) is 23.0 Å². The standard InChI is InChI=1S/C18H19NO4/c1-20-11-5-6-17(22-3)13(7-11)16-10-14-15(19-16)8-12(21-2)9-18(14)23-4/h5-10,19H,1-4H3. The predicted molar refractivity (Wildman–Crippen MR) is 89.9 cm³/mol. The fraction of sp³-hybridized carbons (Fsp3) is 0.222. The minimum absolute atomic E-state index is 0.736. The maximum absolute atomic E-state index is 5.47. The molecule has 0 unspecified atom stereocenters. The van der Waals surface area contributed by atoms with Crippen molar-refractivity contribution in [2.75, 3.05) is 28.4 Å². The van der Waals surface area contributed by atoms with Crippen LogP contribution in [-0.2, 0) is 0 Å². The summed E-state index contributed by atoms with van der Waals surface area (Å²) in [6.07, 6.45) is 0. The van der Waals surface area contributed by atoms with E-state index in [0.717, 1.165) is 45.2 Å². The number of benzene rings is 2. The van der Waals surface area contributed by atoms with Crippen LogP contribution in [0.3, 0.4) is 0 Å². The number of fused-ring (bicyclic) bond motifs is 1. The van der Waals surface area contributed by atoms with E-state index in [1.165, 1.54) is 0 Å². The molecule has 1 N–H and O–H groups in total. The minimum atomic E-state index is 0.736. The summed E-state index contributed by atoms with van der Waals surface area (Å²) in [5.41, 5.74) is 2.77. The molecule has 3 aromatic rings. The molecule has 0 aliphatic carbocycles. The molecule has 0 saturated heterocycles. The number of aromatic nitrogens is 1. The lowest BCUT2D eigenvalue weighted by molar-refractivity contribution is 0.398. The van der Waals surface area contributed by atoms with Gasteiger partial charge in [-0.05, 0) is 24.3 Å². The molecule has 1 heterocycles. The summed E-state index contributed by atoms with van der Waals surface area (Å²) in [6.45, 7) is 0. The highest BCUT2D eigenvalue weighted by Gasteiger charge is 2.14. The van der Waals surface area contributed by atoms with E-state index in [9.17, 15) is 0 Å². The molecular formula is C18H19NO4. The molecule has 0 aliphatic heterocycles. The smallest absolute Gasteiger partial charge is 0.131 e. The first-order valence-corrected chi connectivity index (χ1v) is 7.17. The average molecular weight is 313 g/mol. The van der Waals surface area contributed by atoms with Gasteiger partial charge < -0.3 is 23.9 Å². The molecule has 0 radical (unpaired) electrons. The third-order valence-electron chi connectivity index (χ3n) is 3.83. The van der Waals surface area contributed by atoms with Gasteiger partial charge in [0.05, 0.1) is 39.6 Å². The highest BCUT2D eigenvalue weighted by molar-refractivity contribution is 5.93. The number of hydrogen-bond acceptors (Lipinski definition) is 4. The molecular weight excluding hydrogens is 294 g/mol. The summed E-state index contributed by atoms with van der Waals surface area (Å²) in [6, 6.07) is 11.5. The molecule has 1 aromatic heterocycles. The van der Waals surface area contributed by atoms with Crippen LogP contribution in [-0.4, -0.2) is 33.4 Å². The van der Waals surface area contributed by atoms with Crippen molar-refractivity contribution in [3.05, 3.63) is 36.4 Å². The molecule has 0 bridgehead atoms. The first-order chi connectivity index (χ1) is 11.2. The predicted octanol–water partition coefficient (Wildman–Crippen LogP) is 3.87. The maximum Gasteiger partial charge on any atom is 0.131 e. The number of nitrogens with one attached hydrogen (secondary N) is 1. The van der Waals surface area contributed by atoms with E-state index >= 15 is 0 Å². The van der Waals surface area contributed by atoms with Gasteiger partial charge in [-0.25, -0.2) is 0 Å². The number of H-pyrrole nitrogens is 1. The number of methoxy groups -OCH3 is 4. The van der Waals surface area contributed by atoms with Gasteiger partial charge in [-0.1, -0.05) is 0 Å². The summed E-state index contributed by atoms with van der Waals surface area (Å²) in [4.78, 5) is 3.39. The molecule has 0 amide bonds. The van der Waals surface area contributed by atoms with Gasteiger partial charge in [0.2, 0.25) is 0 Å². The van der Waals surface area contributed by atoms with Crippen LogP contribution in [0.2, 0.25) is 0 Å². The SMILES string of the molecule is COc1ccc(OC)c(-c2cc3c(OC)cc(OC)cc3[nH]2)c1. The Bertz CT molecular complexity index is 838. The van der Waals surface area contributed by atoms with Crippen LogP contribution < -0.4 is 18.9 Å². The number of hydrogen-bond donors (Lipinski definition) is 1. The molecule has 3 rings (SSSR count). The molecule has 0 atom stereocenters. The zero-order valence-electron chi connectivity index (χ0n) is 13.6. The van der Waals surface area contributed by atoms with Gasteiger partial charge in [-0.15, -0.1) is 0 Å². The topological polar surface area (TPSA) is 52.7 Å². The minimum Gasteiger partial charge on any atom is -0.497 e. The van der Waals surface area contributed by atoms with Crippen LogP contribution in [0.25, 0.3) is 22.2 Å². The van der Waals surface area contributed by atoms with Crippen LogP contribution in [0.1, 0.15) is 0 Å². The van der Waals surface area contributed by atoms with E-state index in [1.807, 2.05) is 36.4 Å². The molecule has 0 fully saturated rings. The Hall–Kier alpha value is -2.82. The fourth-order valence-electron chi connectivity index (χ4n) is 2.64. The van der Waals surface area contributed by atoms with Crippen molar-refractivity contribution in [3.8, 4) is 34.3 Å². The lowest BCUT2D eigenvalue weighted by Crippen LogP contribution is -1.90. The Morgan fingerprint density at radius 1 is 0.696 bits per heavy atom. The number of aromatic amines is 1. The summed E-state index contributed by atoms with van der Waals surface area (Å²) in [7, 11) is 6.57. The summed E-state index contributed by atoms with van der Waals surface area (Å²) >= 11 is 0. The van der Waals surface area contributed by atoms with Crippen molar-refractivity contribution in [1.82, 2.24) is 4.98 Å². The van der Waals surface area contributed by atoms with Crippen molar-refractivity contribution >= 4 is 10.9 Å². The second-order valence-corrected chi connectivity index (χ2v) is 5.04. The Morgan fingerprint density at radius 2 is 1.43 bits per heavy atom. The quantitative estimate of drug-likeness (QED) is 0.777. The van der Waals surface area contributed by atoms with Crippen LogP contribution in [0.15, 0.2) is 36.4 Å². The molecule has 0 spiro atoms. The first-order valence-electron chi connectivity index (χ1n) is 7.17. The van der Waals surface area contributed by atoms with E-state index in [4.69, 9.17) is 18.9 Å². The van der Waals surface area contributed by atoms with Gasteiger partial charge in [0.15, 0.2) is 0 Å². The Labute approximate surface area is 134 Å².